The number of nitrogens with one attached hydrogen (secondary N) is 1. The van der Waals surface area contributed by atoms with Crippen LogP contribution in [0.4, 0.5) is 0 Å². The molecule has 1 aliphatic rings. The lowest BCUT2D eigenvalue weighted by Gasteiger charge is -2.28. The number of rotatable bonds is 7. The molecule has 0 spiro atoms. The smallest absolute Gasteiger partial charge is 0.0911 e. The highest BCUT2D eigenvalue weighted by Crippen LogP contribution is 2.49. The van der Waals surface area contributed by atoms with Crippen molar-refractivity contribution in [3.63, 3.8) is 0 Å². The Morgan fingerprint density at radius 1 is 1.61 bits per heavy atom. The Hall–Kier alpha value is -0.870. The van der Waals surface area contributed by atoms with Crippen molar-refractivity contribution in [1.29, 1.82) is 5.41 Å². The van der Waals surface area contributed by atoms with E-state index >= 15 is 0 Å². The van der Waals surface area contributed by atoms with Crippen molar-refractivity contribution in [3.05, 3.63) is 22.4 Å². The van der Waals surface area contributed by atoms with E-state index in [1.165, 1.54) is 17.7 Å². The highest BCUT2D eigenvalue weighted by atomic mass is 32.1. The summed E-state index contributed by atoms with van der Waals surface area (Å²) in [5.41, 5.74) is 5.86. The van der Waals surface area contributed by atoms with Crippen LogP contribution in [0.2, 0.25) is 0 Å². The zero-order valence-electron chi connectivity index (χ0n) is 11.3. The molecule has 1 saturated carbocycles. The predicted octanol–water partition coefficient (Wildman–Crippen LogP) is 2.72. The molecule has 100 valence electrons. The third-order valence-corrected chi connectivity index (χ3v) is 4.84. The minimum Gasteiger partial charge on any atom is -0.388 e. The Balaban J connectivity index is 1.84. The molecule has 1 aromatic heterocycles. The van der Waals surface area contributed by atoms with Gasteiger partial charge in [-0.2, -0.15) is 0 Å². The molecule has 0 aliphatic heterocycles. The second-order valence-corrected chi connectivity index (χ2v) is 6.78. The number of nitrogens with zero attached hydrogens (tertiary/aromatic N) is 1. The van der Waals surface area contributed by atoms with Crippen LogP contribution < -0.4 is 5.73 Å². The second-order valence-electron chi connectivity index (χ2n) is 5.75. The second kappa shape index (κ2) is 5.41. The van der Waals surface area contributed by atoms with E-state index in [1.807, 2.05) is 11.3 Å². The van der Waals surface area contributed by atoms with E-state index in [0.29, 0.717) is 17.3 Å². The molecule has 0 amide bonds. The first-order valence-electron chi connectivity index (χ1n) is 6.56. The Kier molecular flexibility index (Phi) is 4.07. The quantitative estimate of drug-likeness (QED) is 0.588. The van der Waals surface area contributed by atoms with Crippen LogP contribution in [0.25, 0.3) is 0 Å². The molecule has 0 aromatic carbocycles. The first-order valence-corrected chi connectivity index (χ1v) is 7.44. The van der Waals surface area contributed by atoms with E-state index < -0.39 is 0 Å². The molecule has 1 aromatic rings. The van der Waals surface area contributed by atoms with Gasteiger partial charge in [0.15, 0.2) is 0 Å². The van der Waals surface area contributed by atoms with Gasteiger partial charge in [-0.3, -0.25) is 5.41 Å². The summed E-state index contributed by atoms with van der Waals surface area (Å²) in [6, 6.07) is 4.87. The zero-order chi connectivity index (χ0) is 13.2. The third kappa shape index (κ3) is 3.56. The first-order chi connectivity index (χ1) is 8.51. The molecule has 1 aliphatic carbocycles. The highest BCUT2D eigenvalue weighted by Gasteiger charge is 2.44. The first kappa shape index (κ1) is 13.6. The molecule has 0 bridgehead atoms. The van der Waals surface area contributed by atoms with E-state index in [2.05, 4.69) is 36.4 Å². The van der Waals surface area contributed by atoms with Crippen LogP contribution in [-0.4, -0.2) is 30.4 Å². The van der Waals surface area contributed by atoms with Crippen LogP contribution in [0.1, 0.15) is 31.1 Å². The van der Waals surface area contributed by atoms with Gasteiger partial charge in [0.2, 0.25) is 0 Å². The fourth-order valence-electron chi connectivity index (χ4n) is 2.53. The lowest BCUT2D eigenvalue weighted by Crippen LogP contribution is -2.36. The van der Waals surface area contributed by atoms with Gasteiger partial charge in [0.1, 0.15) is 0 Å². The van der Waals surface area contributed by atoms with Crippen molar-refractivity contribution in [3.8, 4) is 0 Å². The number of hydrogen-bond acceptors (Lipinski definition) is 3. The van der Waals surface area contributed by atoms with Gasteiger partial charge in [0, 0.05) is 23.9 Å². The Morgan fingerprint density at radius 3 is 2.83 bits per heavy atom. The third-order valence-electron chi connectivity index (χ3n) is 3.94. The number of hydrogen-bond donors (Lipinski definition) is 2. The van der Waals surface area contributed by atoms with Crippen LogP contribution in [0.3, 0.4) is 0 Å². The summed E-state index contributed by atoms with van der Waals surface area (Å²) >= 11 is 1.83. The van der Waals surface area contributed by atoms with Gasteiger partial charge in [0.25, 0.3) is 0 Å². The van der Waals surface area contributed by atoms with Gasteiger partial charge in [0.05, 0.1) is 5.84 Å². The molecule has 4 heteroatoms. The van der Waals surface area contributed by atoms with Crippen LogP contribution in [0.5, 0.6) is 0 Å². The molecule has 3 N–H and O–H groups in total. The number of nitrogens with two attached hydrogens (primary N) is 1. The largest absolute Gasteiger partial charge is 0.388 e. The molecule has 1 fully saturated rings. The molecular weight excluding hydrogens is 242 g/mol. The lowest BCUT2D eigenvalue weighted by atomic mass is 10.00. The Morgan fingerprint density at radius 2 is 2.33 bits per heavy atom. The summed E-state index contributed by atoms with van der Waals surface area (Å²) in [6.45, 7) is 3.35. The standard InChI is InChI=1S/C14H23N3S/c1-11(8-12-4-3-7-18-12)17(2)10-14(5-6-14)9-13(15)16/h3-4,7,11H,5-6,8-10H2,1-2H3,(H3,15,16). The van der Waals surface area contributed by atoms with Crippen molar-refractivity contribution < 1.29 is 0 Å². The van der Waals surface area contributed by atoms with Crippen molar-refractivity contribution in [2.24, 2.45) is 11.1 Å². The molecule has 1 unspecified atom stereocenters. The van der Waals surface area contributed by atoms with Crippen LogP contribution >= 0.6 is 11.3 Å². The zero-order valence-corrected chi connectivity index (χ0v) is 12.1. The fourth-order valence-corrected chi connectivity index (χ4v) is 3.36. The average molecular weight is 265 g/mol. The molecule has 0 saturated heterocycles. The lowest BCUT2D eigenvalue weighted by molar-refractivity contribution is 0.209. The van der Waals surface area contributed by atoms with Crippen molar-refractivity contribution in [1.82, 2.24) is 4.90 Å². The molecule has 0 radical (unpaired) electrons. The summed E-state index contributed by atoms with van der Waals surface area (Å²) < 4.78 is 0. The number of likely N-dealkylation sites (N-methyl/N-ethyl adjacent to an activating group) is 1. The van der Waals surface area contributed by atoms with E-state index in [0.717, 1.165) is 19.4 Å². The fraction of sp³-hybridized carbons (Fsp3) is 0.643. The Labute approximate surface area is 114 Å². The van der Waals surface area contributed by atoms with Gasteiger partial charge in [-0.05, 0) is 50.1 Å². The van der Waals surface area contributed by atoms with E-state index in [1.54, 1.807) is 0 Å². The van der Waals surface area contributed by atoms with Crippen molar-refractivity contribution in [2.75, 3.05) is 13.6 Å². The van der Waals surface area contributed by atoms with Gasteiger partial charge in [-0.25, -0.2) is 0 Å². The predicted molar refractivity (Wildman–Crippen MR) is 78.3 cm³/mol. The summed E-state index contributed by atoms with van der Waals surface area (Å²) in [7, 11) is 2.19. The molecule has 1 heterocycles. The SMILES string of the molecule is CC(Cc1cccs1)N(C)CC1(CC(=N)N)CC1. The maximum Gasteiger partial charge on any atom is 0.0911 e. The summed E-state index contributed by atoms with van der Waals surface area (Å²) in [5, 5.41) is 9.60. The van der Waals surface area contributed by atoms with Crippen molar-refractivity contribution in [2.45, 2.75) is 38.6 Å². The Bertz CT molecular complexity index is 395. The monoisotopic (exact) mass is 265 g/mol. The molecule has 3 nitrogen and oxygen atoms in total. The summed E-state index contributed by atoms with van der Waals surface area (Å²) in [4.78, 5) is 3.88. The summed E-state index contributed by atoms with van der Waals surface area (Å²) in [5.74, 6) is 0.340. The van der Waals surface area contributed by atoms with E-state index in [4.69, 9.17) is 11.1 Å². The van der Waals surface area contributed by atoms with Gasteiger partial charge in [-0.1, -0.05) is 6.07 Å². The van der Waals surface area contributed by atoms with Crippen molar-refractivity contribution >= 4 is 17.2 Å². The van der Waals surface area contributed by atoms with Crippen LogP contribution in [-0.2, 0) is 6.42 Å². The van der Waals surface area contributed by atoms with Crippen LogP contribution in [0.15, 0.2) is 17.5 Å². The van der Waals surface area contributed by atoms with Gasteiger partial charge >= 0.3 is 0 Å². The van der Waals surface area contributed by atoms with Gasteiger partial charge in [-0.15, -0.1) is 11.3 Å². The molecular formula is C14H23N3S. The van der Waals surface area contributed by atoms with E-state index in [-0.39, 0.29) is 0 Å². The topological polar surface area (TPSA) is 53.1 Å². The van der Waals surface area contributed by atoms with Crippen LogP contribution in [0, 0.1) is 10.8 Å². The normalized spacial score (nSPS) is 18.8. The number of thiophene rings is 1. The molecule has 2 rings (SSSR count). The molecule has 1 atom stereocenters. The van der Waals surface area contributed by atoms with Gasteiger partial charge < -0.3 is 10.6 Å². The minimum atomic E-state index is 0.310. The minimum absolute atomic E-state index is 0.310. The van der Waals surface area contributed by atoms with E-state index in [9.17, 15) is 0 Å². The molecule has 18 heavy (non-hydrogen) atoms. The maximum atomic E-state index is 7.46. The average Bonchev–Trinajstić information content (AvgIpc) is 2.83. The maximum absolute atomic E-state index is 7.46. The highest BCUT2D eigenvalue weighted by molar-refractivity contribution is 7.09. The number of amidine groups is 1. The summed E-state index contributed by atoms with van der Waals surface area (Å²) in [6.07, 6.45) is 4.33.